The molecule has 0 spiro atoms. The third-order valence-electron chi connectivity index (χ3n) is 6.08. The van der Waals surface area contributed by atoms with Crippen LogP contribution in [0.4, 0.5) is 4.39 Å². The zero-order valence-electron chi connectivity index (χ0n) is 18.9. The van der Waals surface area contributed by atoms with Crippen molar-refractivity contribution in [3.8, 4) is 22.3 Å². The summed E-state index contributed by atoms with van der Waals surface area (Å²) in [6, 6.07) is 31.9. The molecule has 1 N–H and O–H groups in total. The highest BCUT2D eigenvalue weighted by Crippen LogP contribution is 2.27. The molecule has 0 fully saturated rings. The van der Waals surface area contributed by atoms with Crippen molar-refractivity contribution in [2.75, 3.05) is 6.54 Å². The van der Waals surface area contributed by atoms with Crippen molar-refractivity contribution < 1.29 is 14.0 Å². The highest BCUT2D eigenvalue weighted by molar-refractivity contribution is 5.84. The summed E-state index contributed by atoms with van der Waals surface area (Å²) in [5, 5.41) is 2.85. The van der Waals surface area contributed by atoms with Gasteiger partial charge in [-0.1, -0.05) is 97.1 Å². The van der Waals surface area contributed by atoms with E-state index >= 15 is 0 Å². The monoisotopic (exact) mass is 451 g/mol. The van der Waals surface area contributed by atoms with Gasteiger partial charge in [-0.3, -0.25) is 4.79 Å². The van der Waals surface area contributed by atoms with E-state index < -0.39 is 11.8 Å². The standard InChI is InChI=1S/C30H26FNO2/c1-21(26-16-17-28(29(31)18-26)25-10-6-3-7-11-25)30(34)32-19-27(20-33)24-14-12-23(13-15-24)22-8-4-2-5-9-22/h2-18,20-21,27H,19H2,1H3,(H,32,34). The minimum atomic E-state index is -0.549. The quantitative estimate of drug-likeness (QED) is 0.317. The molecule has 0 heterocycles. The van der Waals surface area contributed by atoms with Gasteiger partial charge < -0.3 is 10.1 Å². The maximum Gasteiger partial charge on any atom is 0.227 e. The van der Waals surface area contributed by atoms with Crippen molar-refractivity contribution in [1.82, 2.24) is 5.32 Å². The van der Waals surface area contributed by atoms with Crippen LogP contribution in [-0.4, -0.2) is 18.7 Å². The average molecular weight is 452 g/mol. The van der Waals surface area contributed by atoms with E-state index in [1.54, 1.807) is 19.1 Å². The highest BCUT2D eigenvalue weighted by atomic mass is 19.1. The van der Waals surface area contributed by atoms with Crippen LogP contribution in [-0.2, 0) is 9.59 Å². The molecule has 4 heteroatoms. The van der Waals surface area contributed by atoms with Crippen LogP contribution in [0.15, 0.2) is 103 Å². The Labute approximate surface area is 199 Å². The van der Waals surface area contributed by atoms with Crippen LogP contribution in [0.5, 0.6) is 0 Å². The van der Waals surface area contributed by atoms with Gasteiger partial charge in [0.2, 0.25) is 5.91 Å². The molecule has 0 saturated heterocycles. The second-order valence-corrected chi connectivity index (χ2v) is 8.30. The number of nitrogens with one attached hydrogen (secondary N) is 1. The summed E-state index contributed by atoms with van der Waals surface area (Å²) in [6.45, 7) is 1.92. The van der Waals surface area contributed by atoms with Gasteiger partial charge in [0.15, 0.2) is 0 Å². The normalized spacial score (nSPS) is 12.5. The van der Waals surface area contributed by atoms with Crippen LogP contribution in [0, 0.1) is 5.82 Å². The third kappa shape index (κ3) is 5.29. The maximum atomic E-state index is 14.7. The summed E-state index contributed by atoms with van der Waals surface area (Å²) >= 11 is 0. The molecule has 3 nitrogen and oxygen atoms in total. The Bertz CT molecular complexity index is 1250. The number of carbonyl (C=O) groups excluding carboxylic acids is 2. The van der Waals surface area contributed by atoms with E-state index in [9.17, 15) is 14.0 Å². The van der Waals surface area contributed by atoms with E-state index in [1.807, 2.05) is 84.9 Å². The average Bonchev–Trinajstić information content (AvgIpc) is 2.89. The van der Waals surface area contributed by atoms with E-state index in [2.05, 4.69) is 5.32 Å². The SMILES string of the molecule is CC(C(=O)NCC(C=O)c1ccc(-c2ccccc2)cc1)c1ccc(-c2ccccc2)c(F)c1. The molecule has 0 saturated carbocycles. The van der Waals surface area contributed by atoms with E-state index in [0.29, 0.717) is 11.1 Å². The number of carbonyl (C=O) groups is 2. The van der Waals surface area contributed by atoms with Crippen LogP contribution in [0.2, 0.25) is 0 Å². The van der Waals surface area contributed by atoms with Crippen molar-refractivity contribution in [3.63, 3.8) is 0 Å². The molecule has 0 radical (unpaired) electrons. The van der Waals surface area contributed by atoms with Gasteiger partial charge in [0.25, 0.3) is 0 Å². The number of hydrogen-bond donors (Lipinski definition) is 1. The molecule has 0 aliphatic rings. The predicted octanol–water partition coefficient (Wildman–Crippen LogP) is 6.36. The van der Waals surface area contributed by atoms with E-state index in [-0.39, 0.29) is 18.3 Å². The fourth-order valence-electron chi connectivity index (χ4n) is 3.97. The molecule has 4 aromatic carbocycles. The topological polar surface area (TPSA) is 46.2 Å². The molecule has 2 atom stereocenters. The molecule has 2 unspecified atom stereocenters. The molecule has 0 aliphatic carbocycles. The Balaban J connectivity index is 1.40. The number of rotatable bonds is 8. The summed E-state index contributed by atoms with van der Waals surface area (Å²) in [4.78, 5) is 24.5. The Morgan fingerprint density at radius 3 is 1.94 bits per heavy atom. The zero-order chi connectivity index (χ0) is 23.9. The van der Waals surface area contributed by atoms with Gasteiger partial charge in [0.1, 0.15) is 12.1 Å². The van der Waals surface area contributed by atoms with Gasteiger partial charge in [-0.25, -0.2) is 4.39 Å². The van der Waals surface area contributed by atoms with Crippen LogP contribution in [0.1, 0.15) is 29.9 Å². The number of halogens is 1. The molecule has 0 aliphatic heterocycles. The van der Waals surface area contributed by atoms with Crippen molar-refractivity contribution in [1.29, 1.82) is 0 Å². The van der Waals surface area contributed by atoms with E-state index in [1.165, 1.54) is 6.07 Å². The predicted molar refractivity (Wildman–Crippen MR) is 134 cm³/mol. The lowest BCUT2D eigenvalue weighted by Gasteiger charge is -2.17. The fraction of sp³-hybridized carbons (Fsp3) is 0.133. The summed E-state index contributed by atoms with van der Waals surface area (Å²) < 4.78 is 14.7. The largest absolute Gasteiger partial charge is 0.355 e. The lowest BCUT2D eigenvalue weighted by atomic mass is 9.95. The lowest BCUT2D eigenvalue weighted by molar-refractivity contribution is -0.122. The van der Waals surface area contributed by atoms with Crippen LogP contribution in [0.3, 0.4) is 0 Å². The van der Waals surface area contributed by atoms with Gasteiger partial charge in [-0.2, -0.15) is 0 Å². The molecule has 4 aromatic rings. The Kier molecular flexibility index (Phi) is 7.28. The minimum Gasteiger partial charge on any atom is -0.355 e. The number of amides is 1. The first-order valence-electron chi connectivity index (χ1n) is 11.3. The molecule has 0 bridgehead atoms. The first-order chi connectivity index (χ1) is 16.6. The van der Waals surface area contributed by atoms with Gasteiger partial charge in [-0.05, 0) is 40.8 Å². The highest BCUT2D eigenvalue weighted by Gasteiger charge is 2.19. The summed E-state index contributed by atoms with van der Waals surface area (Å²) in [7, 11) is 0. The molecule has 34 heavy (non-hydrogen) atoms. The van der Waals surface area contributed by atoms with Crippen LogP contribution < -0.4 is 5.32 Å². The number of benzene rings is 4. The van der Waals surface area contributed by atoms with Crippen LogP contribution >= 0.6 is 0 Å². The van der Waals surface area contributed by atoms with Crippen molar-refractivity contribution in [2.45, 2.75) is 18.8 Å². The molecule has 0 aromatic heterocycles. The molecular weight excluding hydrogens is 425 g/mol. The van der Waals surface area contributed by atoms with Crippen molar-refractivity contribution in [3.05, 3.63) is 120 Å². The zero-order valence-corrected chi connectivity index (χ0v) is 18.9. The number of aldehydes is 1. The Morgan fingerprint density at radius 1 is 0.794 bits per heavy atom. The number of hydrogen-bond acceptors (Lipinski definition) is 2. The second kappa shape index (κ2) is 10.7. The second-order valence-electron chi connectivity index (χ2n) is 8.30. The first kappa shape index (κ1) is 23.1. The Hall–Kier alpha value is -4.05. The molecule has 170 valence electrons. The summed E-state index contributed by atoms with van der Waals surface area (Å²) in [6.07, 6.45) is 0.844. The van der Waals surface area contributed by atoms with Crippen molar-refractivity contribution >= 4 is 12.2 Å². The fourth-order valence-corrected chi connectivity index (χ4v) is 3.97. The first-order valence-corrected chi connectivity index (χ1v) is 11.3. The van der Waals surface area contributed by atoms with Gasteiger partial charge in [0.05, 0.1) is 11.8 Å². The van der Waals surface area contributed by atoms with E-state index in [0.717, 1.165) is 28.5 Å². The maximum absolute atomic E-state index is 14.7. The Morgan fingerprint density at radius 2 is 1.35 bits per heavy atom. The van der Waals surface area contributed by atoms with Gasteiger partial charge >= 0.3 is 0 Å². The van der Waals surface area contributed by atoms with Crippen molar-refractivity contribution in [2.24, 2.45) is 0 Å². The summed E-state index contributed by atoms with van der Waals surface area (Å²) in [5.74, 6) is -1.63. The molecule has 1 amide bonds. The van der Waals surface area contributed by atoms with Crippen LogP contribution in [0.25, 0.3) is 22.3 Å². The molecular formula is C30H26FNO2. The summed E-state index contributed by atoms with van der Waals surface area (Å²) in [5.41, 5.74) is 4.87. The van der Waals surface area contributed by atoms with E-state index in [4.69, 9.17) is 0 Å². The minimum absolute atomic E-state index is 0.182. The lowest BCUT2D eigenvalue weighted by Crippen LogP contribution is -2.32. The molecule has 4 rings (SSSR count). The van der Waals surface area contributed by atoms with Gasteiger partial charge in [0, 0.05) is 12.1 Å². The van der Waals surface area contributed by atoms with Gasteiger partial charge in [-0.15, -0.1) is 0 Å². The third-order valence-corrected chi connectivity index (χ3v) is 6.08. The smallest absolute Gasteiger partial charge is 0.227 e.